The lowest BCUT2D eigenvalue weighted by molar-refractivity contribution is -0.134. The van der Waals surface area contributed by atoms with Gasteiger partial charge in [-0.3, -0.25) is 19.8 Å². The zero-order valence-electron chi connectivity index (χ0n) is 17.8. The first-order valence-electron chi connectivity index (χ1n) is 10.6. The highest BCUT2D eigenvalue weighted by Gasteiger charge is 2.25. The van der Waals surface area contributed by atoms with Crippen molar-refractivity contribution >= 4 is 35.1 Å². The van der Waals surface area contributed by atoms with Crippen molar-refractivity contribution < 1.29 is 28.3 Å². The molecule has 33 heavy (non-hydrogen) atoms. The van der Waals surface area contributed by atoms with E-state index in [4.69, 9.17) is 4.74 Å². The number of hydrogen-bond donors (Lipinski definition) is 1. The van der Waals surface area contributed by atoms with Gasteiger partial charge in [0.2, 0.25) is 11.8 Å². The summed E-state index contributed by atoms with van der Waals surface area (Å²) in [6.07, 6.45) is 0.269. The van der Waals surface area contributed by atoms with Gasteiger partial charge in [-0.05, 0) is 48.5 Å². The van der Waals surface area contributed by atoms with Crippen LogP contribution in [0, 0.1) is 5.82 Å². The predicted octanol–water partition coefficient (Wildman–Crippen LogP) is 1.49. The molecule has 2 heterocycles. The topological polar surface area (TPSA) is 99.3 Å². The van der Waals surface area contributed by atoms with Crippen molar-refractivity contribution in [2.45, 2.75) is 12.8 Å². The van der Waals surface area contributed by atoms with E-state index < -0.39 is 5.97 Å². The minimum atomic E-state index is -0.658. The van der Waals surface area contributed by atoms with E-state index in [9.17, 15) is 23.6 Å². The van der Waals surface area contributed by atoms with Crippen molar-refractivity contribution in [1.29, 1.82) is 0 Å². The van der Waals surface area contributed by atoms with Crippen molar-refractivity contribution in [3.05, 3.63) is 59.9 Å². The second-order valence-electron chi connectivity index (χ2n) is 7.73. The summed E-state index contributed by atoms with van der Waals surface area (Å²) >= 11 is 0. The van der Waals surface area contributed by atoms with E-state index in [1.165, 1.54) is 36.4 Å². The first-order chi connectivity index (χ1) is 15.9. The van der Waals surface area contributed by atoms with Crippen molar-refractivity contribution in [1.82, 2.24) is 10.3 Å². The highest BCUT2D eigenvalue weighted by Crippen LogP contribution is 2.19. The molecule has 9 nitrogen and oxygen atoms in total. The largest absolute Gasteiger partial charge is 0.452 e. The zero-order valence-corrected chi connectivity index (χ0v) is 17.8. The molecule has 2 aliphatic heterocycles. The third kappa shape index (κ3) is 5.28. The molecule has 2 aromatic carbocycles. The quantitative estimate of drug-likeness (QED) is 0.688. The van der Waals surface area contributed by atoms with Gasteiger partial charge in [-0.1, -0.05) is 0 Å². The van der Waals surface area contributed by atoms with Crippen LogP contribution >= 0.6 is 0 Å². The monoisotopic (exact) mass is 454 g/mol. The van der Waals surface area contributed by atoms with E-state index >= 15 is 0 Å². The molecule has 3 amide bonds. The van der Waals surface area contributed by atoms with Crippen LogP contribution in [0.2, 0.25) is 0 Å². The molecule has 0 unspecified atom stereocenters. The number of carbonyl (C=O) groups is 4. The lowest BCUT2D eigenvalue weighted by atomic mass is 10.2. The van der Waals surface area contributed by atoms with Crippen LogP contribution in [0.3, 0.4) is 0 Å². The number of anilines is 2. The van der Waals surface area contributed by atoms with Gasteiger partial charge in [0.05, 0.1) is 11.3 Å². The fourth-order valence-electron chi connectivity index (χ4n) is 3.70. The van der Waals surface area contributed by atoms with E-state index in [-0.39, 0.29) is 48.6 Å². The Morgan fingerprint density at radius 2 is 1.52 bits per heavy atom. The third-order valence-corrected chi connectivity index (χ3v) is 5.56. The molecule has 4 rings (SSSR count). The van der Waals surface area contributed by atoms with Crippen molar-refractivity contribution in [2.75, 3.05) is 42.7 Å². The molecule has 0 bridgehead atoms. The number of nitrogens with one attached hydrogen (secondary N) is 1. The standard InChI is InChI=1S/C23H23FN4O5/c24-17-3-7-18(8-4-17)26-11-13-27(14-12-26)22(31)15-33-23(32)16-1-5-19(6-2-16)28-21(30)10-9-20(29)25-28/h1-8H,9-15H2,(H,25,29). The van der Waals surface area contributed by atoms with Crippen molar-refractivity contribution in [2.24, 2.45) is 0 Å². The number of amides is 3. The van der Waals surface area contributed by atoms with E-state index in [0.717, 1.165) is 10.7 Å². The number of piperazine rings is 1. The molecule has 1 N–H and O–H groups in total. The molecule has 2 aromatic rings. The summed E-state index contributed by atoms with van der Waals surface area (Å²) in [4.78, 5) is 51.9. The maximum Gasteiger partial charge on any atom is 0.338 e. The van der Waals surface area contributed by atoms with E-state index in [2.05, 4.69) is 10.3 Å². The van der Waals surface area contributed by atoms with Crippen LogP contribution in [-0.2, 0) is 19.1 Å². The van der Waals surface area contributed by atoms with Crippen LogP contribution in [-0.4, -0.2) is 61.4 Å². The highest BCUT2D eigenvalue weighted by atomic mass is 19.1. The molecule has 0 radical (unpaired) electrons. The summed E-state index contributed by atoms with van der Waals surface area (Å²) in [7, 11) is 0. The fourth-order valence-corrected chi connectivity index (χ4v) is 3.70. The Labute approximate surface area is 189 Å². The van der Waals surface area contributed by atoms with Crippen LogP contribution < -0.4 is 15.3 Å². The Kier molecular flexibility index (Phi) is 6.53. The average molecular weight is 454 g/mol. The number of ether oxygens (including phenoxy) is 1. The minimum Gasteiger partial charge on any atom is -0.452 e. The average Bonchev–Trinajstić information content (AvgIpc) is 2.84. The number of hydrazine groups is 1. The van der Waals surface area contributed by atoms with Gasteiger partial charge in [-0.2, -0.15) is 0 Å². The molecule has 172 valence electrons. The molecular formula is C23H23FN4O5. The number of nitrogens with zero attached hydrogens (tertiary/aromatic N) is 3. The van der Waals surface area contributed by atoms with Crippen molar-refractivity contribution in [3.8, 4) is 0 Å². The van der Waals surface area contributed by atoms with Crippen LogP contribution in [0.4, 0.5) is 15.8 Å². The van der Waals surface area contributed by atoms with Gasteiger partial charge in [-0.15, -0.1) is 0 Å². The molecule has 10 heteroatoms. The molecule has 0 saturated carbocycles. The van der Waals surface area contributed by atoms with Gasteiger partial charge in [0.1, 0.15) is 5.82 Å². The first-order valence-corrected chi connectivity index (χ1v) is 10.6. The SMILES string of the molecule is O=C1CCC(=O)N(c2ccc(C(=O)OCC(=O)N3CCN(c4ccc(F)cc4)CC3)cc2)N1. The lowest BCUT2D eigenvalue weighted by Crippen LogP contribution is -2.50. The van der Waals surface area contributed by atoms with E-state index in [1.54, 1.807) is 17.0 Å². The van der Waals surface area contributed by atoms with E-state index in [0.29, 0.717) is 31.9 Å². The number of esters is 1. The van der Waals surface area contributed by atoms with Crippen LogP contribution in [0.25, 0.3) is 0 Å². The van der Waals surface area contributed by atoms with Crippen LogP contribution in [0.5, 0.6) is 0 Å². The lowest BCUT2D eigenvalue weighted by Gasteiger charge is -2.36. The number of halogens is 1. The maximum atomic E-state index is 13.1. The fraction of sp³-hybridized carbons (Fsp3) is 0.304. The van der Waals surface area contributed by atoms with Gasteiger partial charge in [-0.25, -0.2) is 14.2 Å². The summed E-state index contributed by atoms with van der Waals surface area (Å²) < 4.78 is 18.2. The Morgan fingerprint density at radius 3 is 2.18 bits per heavy atom. The summed E-state index contributed by atoms with van der Waals surface area (Å²) in [5.41, 5.74) is 4.03. The molecule has 0 aromatic heterocycles. The Bertz CT molecular complexity index is 1050. The molecule has 2 saturated heterocycles. The summed E-state index contributed by atoms with van der Waals surface area (Å²) in [6.45, 7) is 1.75. The predicted molar refractivity (Wildman–Crippen MR) is 117 cm³/mol. The van der Waals surface area contributed by atoms with Crippen LogP contribution in [0.15, 0.2) is 48.5 Å². The van der Waals surface area contributed by atoms with Gasteiger partial charge < -0.3 is 14.5 Å². The van der Waals surface area contributed by atoms with Gasteiger partial charge in [0.15, 0.2) is 6.61 Å². The molecule has 2 fully saturated rings. The second-order valence-corrected chi connectivity index (χ2v) is 7.73. The normalized spacial score (nSPS) is 16.5. The summed E-state index contributed by atoms with van der Waals surface area (Å²) in [5, 5.41) is 1.15. The number of benzene rings is 2. The molecule has 2 aliphatic rings. The Balaban J connectivity index is 1.25. The number of hydrogen-bond acceptors (Lipinski definition) is 6. The smallest absolute Gasteiger partial charge is 0.338 e. The molecule has 0 spiro atoms. The summed E-state index contributed by atoms with van der Waals surface area (Å²) in [5.74, 6) is -1.74. The zero-order chi connectivity index (χ0) is 23.4. The van der Waals surface area contributed by atoms with Gasteiger partial charge >= 0.3 is 5.97 Å². The summed E-state index contributed by atoms with van der Waals surface area (Å²) in [6, 6.07) is 12.2. The Hall–Kier alpha value is -3.95. The van der Waals surface area contributed by atoms with Gasteiger partial charge in [0, 0.05) is 44.7 Å². The Morgan fingerprint density at radius 1 is 0.879 bits per heavy atom. The van der Waals surface area contributed by atoms with E-state index in [1.807, 2.05) is 0 Å². The number of rotatable bonds is 5. The maximum absolute atomic E-state index is 13.1. The molecular weight excluding hydrogens is 431 g/mol. The highest BCUT2D eigenvalue weighted by molar-refractivity contribution is 6.01. The molecule has 0 aliphatic carbocycles. The second kappa shape index (κ2) is 9.68. The number of carbonyl (C=O) groups excluding carboxylic acids is 4. The first kappa shape index (κ1) is 22.3. The minimum absolute atomic E-state index is 0.121. The molecule has 0 atom stereocenters. The van der Waals surface area contributed by atoms with Crippen LogP contribution in [0.1, 0.15) is 23.2 Å². The van der Waals surface area contributed by atoms with Crippen molar-refractivity contribution in [3.63, 3.8) is 0 Å². The third-order valence-electron chi connectivity index (χ3n) is 5.56. The van der Waals surface area contributed by atoms with Gasteiger partial charge in [0.25, 0.3) is 5.91 Å².